The first-order valence-corrected chi connectivity index (χ1v) is 22.4. The number of halogens is 20. The standard InChI is InChI=1S/C25H2BF20.C25H21S2/c27-6-2(7(28)15(36)22(43)14(6)35)1-26(3-8(29)16(37)23(44)17(38)9(3)30,4-10(31)18(39)24(45)19(40)11(4)32)5-12(33)20(41)25(46)21(42)13(5)34;1-20-19-24(17-18-25(20)26-21-11-5-2-6-12-21)27(22-13-7-3-8-14-22)23-15-9-4-10-16-23/h1H2;2-19H,1H3/q-1;+1. The van der Waals surface area contributed by atoms with Gasteiger partial charge in [-0.2, -0.15) is 0 Å². The van der Waals surface area contributed by atoms with Crippen LogP contribution in [0.2, 0.25) is 0 Å². The van der Waals surface area contributed by atoms with E-state index in [1.54, 1.807) is 0 Å². The molecule has 0 unspecified atom stereocenters. The molecule has 0 fully saturated rings. The summed E-state index contributed by atoms with van der Waals surface area (Å²) in [4.78, 5) is 6.66. The molecule has 0 radical (unpaired) electrons. The quantitative estimate of drug-likeness (QED) is 0.0432. The number of benzene rings is 8. The Balaban J connectivity index is 0.000000244. The van der Waals surface area contributed by atoms with Crippen LogP contribution < -0.4 is 16.4 Å². The Morgan fingerprint density at radius 2 is 0.616 bits per heavy atom. The second-order valence-corrected chi connectivity index (χ2v) is 18.7. The Morgan fingerprint density at radius 3 is 0.932 bits per heavy atom. The number of hydrogen-bond acceptors (Lipinski definition) is 1. The van der Waals surface area contributed by atoms with E-state index >= 15 is 26.3 Å². The summed E-state index contributed by atoms with van der Waals surface area (Å²) in [5.41, 5.74) is -11.3. The number of aryl methyl sites for hydroxylation is 1. The minimum Gasteiger partial charge on any atom is -0.207 e. The number of rotatable bonds is 10. The fraction of sp³-hybridized carbons (Fsp3) is 0.0400. The molecule has 0 saturated carbocycles. The van der Waals surface area contributed by atoms with Crippen LogP contribution in [-0.2, 0) is 17.2 Å². The van der Waals surface area contributed by atoms with Crippen molar-refractivity contribution in [3.63, 3.8) is 0 Å². The summed E-state index contributed by atoms with van der Waals surface area (Å²) >= 11 is 1.83. The van der Waals surface area contributed by atoms with Crippen LogP contribution in [-0.4, -0.2) is 6.15 Å². The van der Waals surface area contributed by atoms with Crippen LogP contribution in [0.5, 0.6) is 0 Å². The molecule has 8 aromatic carbocycles. The summed E-state index contributed by atoms with van der Waals surface area (Å²) < 4.78 is 292. The van der Waals surface area contributed by atoms with Crippen molar-refractivity contribution in [2.45, 2.75) is 37.7 Å². The lowest BCUT2D eigenvalue weighted by Crippen LogP contribution is -2.75. The zero-order chi connectivity index (χ0) is 53.5. The van der Waals surface area contributed by atoms with Crippen molar-refractivity contribution in [3.8, 4) is 0 Å². The van der Waals surface area contributed by atoms with E-state index in [9.17, 15) is 61.5 Å². The first-order chi connectivity index (χ1) is 34.5. The molecule has 0 spiro atoms. The van der Waals surface area contributed by atoms with Crippen LogP contribution >= 0.6 is 11.8 Å². The Hall–Kier alpha value is -6.88. The molecular formula is C50H23BF20S2. The molecule has 0 atom stereocenters. The van der Waals surface area contributed by atoms with E-state index in [1.165, 1.54) is 30.0 Å². The normalized spacial score (nSPS) is 11.6. The van der Waals surface area contributed by atoms with Crippen LogP contribution in [0.25, 0.3) is 0 Å². The zero-order valence-corrected chi connectivity index (χ0v) is 37.7. The predicted molar refractivity (Wildman–Crippen MR) is 230 cm³/mol. The molecule has 0 saturated heterocycles. The third kappa shape index (κ3) is 9.52. The minimum atomic E-state index is -6.61. The van der Waals surface area contributed by atoms with Crippen molar-refractivity contribution in [2.24, 2.45) is 0 Å². The van der Waals surface area contributed by atoms with Gasteiger partial charge in [0, 0.05) is 9.79 Å². The van der Waals surface area contributed by atoms with Gasteiger partial charge < -0.3 is 0 Å². The Kier molecular flexibility index (Phi) is 15.7. The maximum Gasteiger partial charge on any atom is 0.200 e. The van der Waals surface area contributed by atoms with Gasteiger partial charge in [-0.25, -0.2) is 87.8 Å². The van der Waals surface area contributed by atoms with Crippen molar-refractivity contribution in [1.82, 2.24) is 0 Å². The lowest BCUT2D eigenvalue weighted by molar-refractivity contribution is 0.371. The predicted octanol–water partition coefficient (Wildman–Crippen LogP) is 14.0. The maximum atomic E-state index is 15.4. The highest BCUT2D eigenvalue weighted by atomic mass is 32.2. The summed E-state index contributed by atoms with van der Waals surface area (Å²) in [6, 6.07) is 39.1. The van der Waals surface area contributed by atoms with Crippen LogP contribution in [0.3, 0.4) is 0 Å². The SMILES string of the molecule is Cc1cc([S+](c2ccccc2)c2ccccc2)ccc1Sc1ccccc1.Fc1c(F)c(F)c(C[B-](c2c(F)c(F)c(F)c(F)c2F)(c2c(F)c(F)c(F)c(F)c2F)c2c(F)c(F)c(F)c(F)c2F)c(F)c1F. The Morgan fingerprint density at radius 1 is 0.329 bits per heavy atom. The summed E-state index contributed by atoms with van der Waals surface area (Å²) in [5.74, 6) is -67.3. The van der Waals surface area contributed by atoms with Gasteiger partial charge in [0.15, 0.2) is 90.3 Å². The monoisotopic (exact) mass is 1080 g/mol. The van der Waals surface area contributed by atoms with Gasteiger partial charge in [0.05, 0.1) is 10.9 Å². The first-order valence-electron chi connectivity index (χ1n) is 20.4. The van der Waals surface area contributed by atoms with E-state index in [1.807, 2.05) is 11.8 Å². The average molecular weight is 1080 g/mol. The maximum absolute atomic E-state index is 15.4. The van der Waals surface area contributed by atoms with Crippen molar-refractivity contribution in [1.29, 1.82) is 0 Å². The second kappa shape index (κ2) is 21.3. The van der Waals surface area contributed by atoms with Gasteiger partial charge in [-0.15, -0.1) is 22.7 Å². The van der Waals surface area contributed by atoms with E-state index in [4.69, 9.17) is 0 Å². The lowest BCUT2D eigenvalue weighted by atomic mass is 9.13. The van der Waals surface area contributed by atoms with E-state index < -0.39 is 151 Å². The van der Waals surface area contributed by atoms with Gasteiger partial charge in [-0.05, 0) is 72.6 Å². The molecule has 8 aromatic rings. The third-order valence-corrected chi connectivity index (χ3v) is 14.7. The van der Waals surface area contributed by atoms with Crippen LogP contribution in [0.4, 0.5) is 87.8 Å². The highest BCUT2D eigenvalue weighted by Gasteiger charge is 2.49. The van der Waals surface area contributed by atoms with E-state index in [-0.39, 0.29) is 10.9 Å². The molecule has 0 aliphatic heterocycles. The molecule has 378 valence electrons. The highest BCUT2D eigenvalue weighted by molar-refractivity contribution is 7.99. The fourth-order valence-corrected chi connectivity index (χ4v) is 11.1. The zero-order valence-electron chi connectivity index (χ0n) is 36.1. The van der Waals surface area contributed by atoms with Gasteiger partial charge in [0.25, 0.3) is 0 Å². The summed E-state index contributed by atoms with van der Waals surface area (Å²) in [6.07, 6.45) is -9.82. The topological polar surface area (TPSA) is 0 Å². The molecule has 23 heteroatoms. The molecule has 8 rings (SSSR count). The molecule has 0 N–H and O–H groups in total. The van der Waals surface area contributed by atoms with E-state index in [2.05, 4.69) is 116 Å². The van der Waals surface area contributed by atoms with Gasteiger partial charge in [0.2, 0.25) is 5.82 Å². The van der Waals surface area contributed by atoms with Crippen LogP contribution in [0.1, 0.15) is 11.1 Å². The Labute approximate surface area is 406 Å². The van der Waals surface area contributed by atoms with Crippen LogP contribution in [0, 0.1) is 123 Å². The summed E-state index contributed by atoms with van der Waals surface area (Å²) in [6.45, 7) is 2.21. The molecule has 0 nitrogen and oxygen atoms in total. The molecule has 0 aliphatic carbocycles. The minimum absolute atomic E-state index is 0.0889. The van der Waals surface area contributed by atoms with Gasteiger partial charge in [-0.1, -0.05) is 66.4 Å². The van der Waals surface area contributed by atoms with Crippen molar-refractivity contribution in [3.05, 3.63) is 237 Å². The van der Waals surface area contributed by atoms with Crippen LogP contribution in [0.15, 0.2) is 134 Å². The molecular weight excluding hydrogens is 1060 g/mol. The molecule has 73 heavy (non-hydrogen) atoms. The largest absolute Gasteiger partial charge is 0.207 e. The van der Waals surface area contributed by atoms with Crippen molar-refractivity contribution >= 4 is 45.2 Å². The summed E-state index contributed by atoms with van der Waals surface area (Å²) in [5, 5.41) is 0. The third-order valence-electron chi connectivity index (χ3n) is 11.3. The smallest absolute Gasteiger partial charge is 0.200 e. The van der Waals surface area contributed by atoms with E-state index in [0.717, 1.165) is 0 Å². The average Bonchev–Trinajstić information content (AvgIpc) is 3.39. The first kappa shape index (κ1) is 53.9. The van der Waals surface area contributed by atoms with Gasteiger partial charge in [-0.3, -0.25) is 0 Å². The fourth-order valence-electron chi connectivity index (χ4n) is 8.04. The molecule has 0 amide bonds. The molecule has 0 heterocycles. The molecule has 0 aliphatic rings. The summed E-state index contributed by atoms with van der Waals surface area (Å²) in [7, 11) is -0.0889. The second-order valence-electron chi connectivity index (χ2n) is 15.5. The Bertz CT molecular complexity index is 3110. The highest BCUT2D eigenvalue weighted by Crippen LogP contribution is 2.37. The van der Waals surface area contributed by atoms with Crippen molar-refractivity contribution < 1.29 is 87.8 Å². The van der Waals surface area contributed by atoms with Gasteiger partial charge in [0.1, 0.15) is 41.0 Å². The number of hydrogen-bond donors (Lipinski definition) is 0. The van der Waals surface area contributed by atoms with Crippen molar-refractivity contribution in [2.75, 3.05) is 0 Å². The van der Waals surface area contributed by atoms with E-state index in [0.29, 0.717) is 0 Å². The molecule has 0 aromatic heterocycles. The molecule has 0 bridgehead atoms. The van der Waals surface area contributed by atoms with Gasteiger partial charge >= 0.3 is 0 Å². The lowest BCUT2D eigenvalue weighted by Gasteiger charge is -2.44.